The Morgan fingerprint density at radius 2 is 1.30 bits per heavy atom. The van der Waals surface area contributed by atoms with Gasteiger partial charge >= 0.3 is 0 Å². The number of phenols is 1. The van der Waals surface area contributed by atoms with Crippen LogP contribution in [-0.4, -0.2) is 84.7 Å². The molecule has 37 heavy (non-hydrogen) atoms. The minimum Gasteiger partial charge on any atom is -0.508 e. The van der Waals surface area contributed by atoms with Crippen molar-refractivity contribution < 1.29 is 38.7 Å². The van der Waals surface area contributed by atoms with Crippen molar-refractivity contribution in [2.45, 2.75) is 32.4 Å². The minimum absolute atomic E-state index is 0.000767. The second-order valence-electron chi connectivity index (χ2n) is 7.87. The van der Waals surface area contributed by atoms with Gasteiger partial charge in [0.25, 0.3) is 0 Å². The lowest BCUT2D eigenvalue weighted by molar-refractivity contribution is -0.132. The highest BCUT2D eigenvalue weighted by atomic mass is 16.3. The van der Waals surface area contributed by atoms with Crippen molar-refractivity contribution in [2.24, 2.45) is 5.73 Å². The standard InChI is InChI=1S/C22H31N7O8/c1-12(21(36)27-10-19(34)25-8-17(23)32)28-22(37)16(7-14-3-5-15(31)6-4-14)29-20(35)11-26-18(33)9-24-13(2)30/h3-6,12,16,31H,7-11H2,1-2H3,(H2,23,32)(H,24,30)(H,25,34)(H,26,33)(H,27,36)(H,28,37)(H,29,35)/t12-,16-/m0/s1. The van der Waals surface area contributed by atoms with Gasteiger partial charge in [0.2, 0.25) is 41.4 Å². The molecule has 0 bridgehead atoms. The number of aromatic hydroxyl groups is 1. The Hall–Kier alpha value is -4.69. The average Bonchev–Trinajstić information content (AvgIpc) is 2.84. The van der Waals surface area contributed by atoms with Crippen LogP contribution in [0, 0.1) is 0 Å². The number of amides is 7. The Morgan fingerprint density at radius 1 is 0.757 bits per heavy atom. The number of hydrogen-bond acceptors (Lipinski definition) is 8. The van der Waals surface area contributed by atoms with Crippen LogP contribution in [0.4, 0.5) is 0 Å². The van der Waals surface area contributed by atoms with E-state index in [1.54, 1.807) is 0 Å². The average molecular weight is 522 g/mol. The largest absolute Gasteiger partial charge is 0.508 e. The summed E-state index contributed by atoms with van der Waals surface area (Å²) in [7, 11) is 0. The molecule has 0 saturated heterocycles. The van der Waals surface area contributed by atoms with E-state index in [4.69, 9.17) is 5.73 Å². The smallest absolute Gasteiger partial charge is 0.243 e. The van der Waals surface area contributed by atoms with Crippen molar-refractivity contribution in [3.63, 3.8) is 0 Å². The molecule has 2 atom stereocenters. The summed E-state index contributed by atoms with van der Waals surface area (Å²) < 4.78 is 0. The van der Waals surface area contributed by atoms with Crippen LogP contribution in [0.5, 0.6) is 5.75 Å². The molecule has 1 rings (SSSR count). The summed E-state index contributed by atoms with van der Waals surface area (Å²) in [5.41, 5.74) is 5.50. The van der Waals surface area contributed by atoms with E-state index in [0.717, 1.165) is 0 Å². The molecule has 0 fully saturated rings. The van der Waals surface area contributed by atoms with E-state index in [1.165, 1.54) is 38.1 Å². The zero-order valence-electron chi connectivity index (χ0n) is 20.4. The van der Waals surface area contributed by atoms with Gasteiger partial charge in [0.1, 0.15) is 17.8 Å². The molecule has 0 unspecified atom stereocenters. The van der Waals surface area contributed by atoms with Crippen LogP contribution in [0.15, 0.2) is 24.3 Å². The van der Waals surface area contributed by atoms with Crippen LogP contribution >= 0.6 is 0 Å². The summed E-state index contributed by atoms with van der Waals surface area (Å²) in [6.45, 7) is 0.926. The van der Waals surface area contributed by atoms with Crippen molar-refractivity contribution in [1.82, 2.24) is 31.9 Å². The number of nitrogens with one attached hydrogen (secondary N) is 6. The molecule has 0 saturated carbocycles. The van der Waals surface area contributed by atoms with E-state index in [9.17, 15) is 38.7 Å². The van der Waals surface area contributed by atoms with E-state index < -0.39 is 73.1 Å². The molecule has 15 nitrogen and oxygen atoms in total. The quantitative estimate of drug-likeness (QED) is 0.119. The van der Waals surface area contributed by atoms with Crippen LogP contribution in [0.1, 0.15) is 19.4 Å². The summed E-state index contributed by atoms with van der Waals surface area (Å²) in [5.74, 6) is -4.60. The molecule has 1 aromatic carbocycles. The maximum Gasteiger partial charge on any atom is 0.243 e. The van der Waals surface area contributed by atoms with E-state index in [0.29, 0.717) is 5.56 Å². The van der Waals surface area contributed by atoms with Gasteiger partial charge in [-0.2, -0.15) is 0 Å². The fourth-order valence-electron chi connectivity index (χ4n) is 2.72. The van der Waals surface area contributed by atoms with Gasteiger partial charge in [0.15, 0.2) is 0 Å². The second kappa shape index (κ2) is 15.3. The Labute approximate surface area is 212 Å². The molecule has 7 amide bonds. The molecule has 1 aromatic rings. The summed E-state index contributed by atoms with van der Waals surface area (Å²) >= 11 is 0. The first-order valence-corrected chi connectivity index (χ1v) is 11.1. The lowest BCUT2D eigenvalue weighted by atomic mass is 10.0. The van der Waals surface area contributed by atoms with E-state index in [2.05, 4.69) is 31.9 Å². The molecule has 0 aliphatic rings. The van der Waals surface area contributed by atoms with Crippen LogP contribution in [0.2, 0.25) is 0 Å². The van der Waals surface area contributed by atoms with Crippen molar-refractivity contribution in [2.75, 3.05) is 26.2 Å². The Morgan fingerprint density at radius 3 is 1.86 bits per heavy atom. The van der Waals surface area contributed by atoms with Crippen LogP contribution in [-0.2, 0) is 40.0 Å². The van der Waals surface area contributed by atoms with Crippen molar-refractivity contribution in [3.8, 4) is 5.75 Å². The van der Waals surface area contributed by atoms with Gasteiger partial charge in [-0.1, -0.05) is 12.1 Å². The normalized spacial score (nSPS) is 11.7. The summed E-state index contributed by atoms with van der Waals surface area (Å²) in [6, 6.07) is 3.60. The Balaban J connectivity index is 2.74. The maximum atomic E-state index is 12.9. The lowest BCUT2D eigenvalue weighted by Gasteiger charge is -2.21. The van der Waals surface area contributed by atoms with Gasteiger partial charge in [0.05, 0.1) is 26.2 Å². The summed E-state index contributed by atoms with van der Waals surface area (Å²) in [6.07, 6.45) is -0.0123. The first kappa shape index (κ1) is 30.3. The summed E-state index contributed by atoms with van der Waals surface area (Å²) in [5, 5.41) is 23.4. The third-order valence-corrected chi connectivity index (χ3v) is 4.61. The molecular formula is C22H31N7O8. The van der Waals surface area contributed by atoms with E-state index >= 15 is 0 Å². The first-order valence-electron chi connectivity index (χ1n) is 11.1. The SMILES string of the molecule is CC(=O)NCC(=O)NCC(=O)N[C@@H](Cc1ccc(O)cc1)C(=O)N[C@@H](C)C(=O)NCC(=O)NCC(N)=O. The van der Waals surface area contributed by atoms with E-state index in [-0.39, 0.29) is 18.7 Å². The van der Waals surface area contributed by atoms with Crippen molar-refractivity contribution >= 4 is 41.4 Å². The maximum absolute atomic E-state index is 12.9. The highest BCUT2D eigenvalue weighted by Gasteiger charge is 2.25. The monoisotopic (exact) mass is 521 g/mol. The fourth-order valence-corrected chi connectivity index (χ4v) is 2.72. The molecule has 0 radical (unpaired) electrons. The number of nitrogens with two attached hydrogens (primary N) is 1. The van der Waals surface area contributed by atoms with E-state index in [1.807, 2.05) is 0 Å². The summed E-state index contributed by atoms with van der Waals surface area (Å²) in [4.78, 5) is 82.3. The molecular weight excluding hydrogens is 490 g/mol. The number of rotatable bonds is 14. The first-order chi connectivity index (χ1) is 17.4. The van der Waals surface area contributed by atoms with Crippen LogP contribution < -0.4 is 37.6 Å². The van der Waals surface area contributed by atoms with Crippen LogP contribution in [0.3, 0.4) is 0 Å². The zero-order valence-corrected chi connectivity index (χ0v) is 20.4. The number of carbonyl (C=O) groups excluding carboxylic acids is 7. The lowest BCUT2D eigenvalue weighted by Crippen LogP contribution is -2.55. The second-order valence-corrected chi connectivity index (χ2v) is 7.87. The van der Waals surface area contributed by atoms with Crippen molar-refractivity contribution in [1.29, 1.82) is 0 Å². The van der Waals surface area contributed by atoms with Gasteiger partial charge in [-0.3, -0.25) is 33.6 Å². The molecule has 15 heteroatoms. The molecule has 0 aliphatic heterocycles. The molecule has 9 N–H and O–H groups in total. The number of primary amides is 1. The number of carbonyl (C=O) groups is 7. The highest BCUT2D eigenvalue weighted by Crippen LogP contribution is 2.11. The molecule has 202 valence electrons. The topological polar surface area (TPSA) is 238 Å². The highest BCUT2D eigenvalue weighted by molar-refractivity contribution is 5.94. The number of phenolic OH excluding ortho intramolecular Hbond substituents is 1. The predicted molar refractivity (Wildman–Crippen MR) is 128 cm³/mol. The molecule has 0 aromatic heterocycles. The van der Waals surface area contributed by atoms with Gasteiger partial charge in [-0.05, 0) is 24.6 Å². The van der Waals surface area contributed by atoms with Gasteiger partial charge < -0.3 is 42.7 Å². The zero-order chi connectivity index (χ0) is 28.0. The minimum atomic E-state index is -1.17. The number of hydrogen-bond donors (Lipinski definition) is 8. The third-order valence-electron chi connectivity index (χ3n) is 4.61. The predicted octanol–water partition coefficient (Wildman–Crippen LogP) is -4.11. The van der Waals surface area contributed by atoms with Gasteiger partial charge in [-0.25, -0.2) is 0 Å². The molecule has 0 spiro atoms. The fraction of sp³-hybridized carbons (Fsp3) is 0.409. The molecule has 0 heterocycles. The Bertz CT molecular complexity index is 1010. The van der Waals surface area contributed by atoms with Crippen LogP contribution in [0.25, 0.3) is 0 Å². The number of benzene rings is 1. The Kier molecular flexibility index (Phi) is 12.6. The van der Waals surface area contributed by atoms with Crippen molar-refractivity contribution in [3.05, 3.63) is 29.8 Å². The van der Waals surface area contributed by atoms with Gasteiger partial charge in [-0.15, -0.1) is 0 Å². The third kappa shape index (κ3) is 13.1. The molecule has 0 aliphatic carbocycles. The van der Waals surface area contributed by atoms with Gasteiger partial charge in [0, 0.05) is 13.3 Å².